The molecule has 0 bridgehead atoms. The largest absolute Gasteiger partial charge is 0.496 e. The van der Waals surface area contributed by atoms with Gasteiger partial charge in [0.2, 0.25) is 5.91 Å². The number of nitrogens with one attached hydrogen (secondary N) is 2. The van der Waals surface area contributed by atoms with Gasteiger partial charge in [-0.05, 0) is 36.5 Å². The first-order valence-electron chi connectivity index (χ1n) is 11.6. The summed E-state index contributed by atoms with van der Waals surface area (Å²) in [6.07, 6.45) is 0.517. The minimum atomic E-state index is -1.13. The van der Waals surface area contributed by atoms with Crippen LogP contribution in [0.1, 0.15) is 51.0 Å². The first-order valence-corrected chi connectivity index (χ1v) is 11.6. The first-order chi connectivity index (χ1) is 16.5. The maximum absolute atomic E-state index is 13.2. The molecule has 3 N–H and O–H groups in total. The van der Waals surface area contributed by atoms with Crippen LogP contribution in [0.4, 0.5) is 0 Å². The molecule has 2 aromatic rings. The molecular formula is C25H36N4O6. The van der Waals surface area contributed by atoms with E-state index in [9.17, 15) is 14.4 Å². The molecule has 10 heteroatoms. The van der Waals surface area contributed by atoms with Crippen LogP contribution < -0.4 is 20.1 Å². The minimum Gasteiger partial charge on any atom is -0.496 e. The molecule has 1 atom stereocenters. The molecule has 0 saturated carbocycles. The summed E-state index contributed by atoms with van der Waals surface area (Å²) in [5.74, 6) is -0.334. The van der Waals surface area contributed by atoms with E-state index in [2.05, 4.69) is 29.6 Å². The highest BCUT2D eigenvalue weighted by atomic mass is 16.5. The van der Waals surface area contributed by atoms with Gasteiger partial charge in [-0.3, -0.25) is 19.1 Å². The zero-order chi connectivity index (χ0) is 26.1. The van der Waals surface area contributed by atoms with Gasteiger partial charge in [-0.1, -0.05) is 33.8 Å². The molecule has 0 radical (unpaired) electrons. The van der Waals surface area contributed by atoms with Crippen LogP contribution in [0.25, 0.3) is 11.3 Å². The van der Waals surface area contributed by atoms with E-state index in [1.807, 2.05) is 32.0 Å². The number of ether oxygens (including phenoxy) is 2. The summed E-state index contributed by atoms with van der Waals surface area (Å²) >= 11 is 0. The summed E-state index contributed by atoms with van der Waals surface area (Å²) in [7, 11) is 3.14. The molecule has 0 saturated heterocycles. The van der Waals surface area contributed by atoms with Gasteiger partial charge in [-0.15, -0.1) is 0 Å². The summed E-state index contributed by atoms with van der Waals surface area (Å²) in [4.78, 5) is 36.1. The summed E-state index contributed by atoms with van der Waals surface area (Å²) in [6, 6.07) is 6.67. The number of methoxy groups -OCH3 is 2. The molecule has 0 spiro atoms. The van der Waals surface area contributed by atoms with E-state index >= 15 is 0 Å². The molecule has 0 fully saturated rings. The minimum absolute atomic E-state index is 0.0307. The highest BCUT2D eigenvalue weighted by Crippen LogP contribution is 2.38. The number of carbonyl (C=O) groups is 3. The van der Waals surface area contributed by atoms with E-state index in [4.69, 9.17) is 14.6 Å². The van der Waals surface area contributed by atoms with Gasteiger partial charge in [0.05, 0.1) is 25.5 Å². The van der Waals surface area contributed by atoms with Gasteiger partial charge in [0.1, 0.15) is 18.0 Å². The third kappa shape index (κ3) is 8.01. The standard InChI is InChI=1S/C25H36N4O6/c1-15(2)10-17(11-22(30)26-13-23(31)32)27-25(33)18-12-19(29(28-18)14-16(3)4)24-20(34-5)8-7-9-21(24)35-6/h7-9,12,15-17H,10-11,13-14H2,1-6H3,(H,26,30)(H,27,33)(H,31,32). The monoisotopic (exact) mass is 488 g/mol. The fourth-order valence-corrected chi connectivity index (χ4v) is 3.81. The van der Waals surface area contributed by atoms with Crippen molar-refractivity contribution in [3.8, 4) is 22.8 Å². The van der Waals surface area contributed by atoms with Gasteiger partial charge in [-0.2, -0.15) is 5.10 Å². The predicted molar refractivity (Wildman–Crippen MR) is 132 cm³/mol. The number of carbonyl (C=O) groups excluding carboxylic acids is 2. The molecule has 192 valence electrons. The number of amides is 2. The second-order valence-electron chi connectivity index (χ2n) is 9.20. The van der Waals surface area contributed by atoms with Gasteiger partial charge in [0.25, 0.3) is 5.91 Å². The molecule has 0 aliphatic rings. The van der Waals surface area contributed by atoms with Crippen LogP contribution in [-0.2, 0) is 16.1 Å². The average molecular weight is 489 g/mol. The van der Waals surface area contributed by atoms with Gasteiger partial charge >= 0.3 is 5.97 Å². The molecule has 1 aromatic heterocycles. The molecule has 2 rings (SSSR count). The Balaban J connectivity index is 2.37. The SMILES string of the molecule is COc1cccc(OC)c1-c1cc(C(=O)NC(CC(=O)NCC(=O)O)CC(C)C)nn1CC(C)C. The third-order valence-corrected chi connectivity index (χ3v) is 5.19. The molecule has 0 aliphatic carbocycles. The fraction of sp³-hybridized carbons (Fsp3) is 0.520. The van der Waals surface area contributed by atoms with Gasteiger partial charge < -0.3 is 25.2 Å². The molecule has 2 amide bonds. The average Bonchev–Trinajstić information content (AvgIpc) is 3.19. The van der Waals surface area contributed by atoms with Crippen LogP contribution in [0.3, 0.4) is 0 Å². The van der Waals surface area contributed by atoms with Crippen LogP contribution in [0.15, 0.2) is 24.3 Å². The van der Waals surface area contributed by atoms with Crippen LogP contribution in [-0.4, -0.2) is 59.5 Å². The highest BCUT2D eigenvalue weighted by molar-refractivity contribution is 5.94. The van der Waals surface area contributed by atoms with Crippen molar-refractivity contribution in [1.29, 1.82) is 0 Å². The number of hydrogen-bond acceptors (Lipinski definition) is 6. The molecule has 10 nitrogen and oxygen atoms in total. The van der Waals surface area contributed by atoms with Crippen LogP contribution in [0.2, 0.25) is 0 Å². The number of aliphatic carboxylic acids is 1. The van der Waals surface area contributed by atoms with Crippen molar-refractivity contribution in [3.05, 3.63) is 30.0 Å². The molecule has 1 heterocycles. The molecule has 1 unspecified atom stereocenters. The Morgan fingerprint density at radius 3 is 2.20 bits per heavy atom. The lowest BCUT2D eigenvalue weighted by atomic mass is 10.0. The van der Waals surface area contributed by atoms with Gasteiger partial charge in [0, 0.05) is 19.0 Å². The van der Waals surface area contributed by atoms with Gasteiger partial charge in [0.15, 0.2) is 5.69 Å². The Bertz CT molecular complexity index is 1010. The summed E-state index contributed by atoms with van der Waals surface area (Å²) in [6.45, 7) is 8.18. The quantitative estimate of drug-likeness (QED) is 0.395. The number of carboxylic acid groups (broad SMARTS) is 1. The third-order valence-electron chi connectivity index (χ3n) is 5.19. The zero-order valence-corrected chi connectivity index (χ0v) is 21.3. The van der Waals surface area contributed by atoms with Crippen molar-refractivity contribution in [2.24, 2.45) is 11.8 Å². The zero-order valence-electron chi connectivity index (χ0n) is 21.3. The van der Waals surface area contributed by atoms with Crippen molar-refractivity contribution in [2.45, 2.75) is 53.1 Å². The lowest BCUT2D eigenvalue weighted by molar-refractivity contribution is -0.138. The van der Waals surface area contributed by atoms with E-state index in [1.54, 1.807) is 25.0 Å². The van der Waals surface area contributed by atoms with E-state index in [1.165, 1.54) is 0 Å². The number of nitrogens with zero attached hydrogens (tertiary/aromatic N) is 2. The lowest BCUT2D eigenvalue weighted by Gasteiger charge is -2.19. The normalized spacial score (nSPS) is 11.9. The number of benzene rings is 1. The second-order valence-corrected chi connectivity index (χ2v) is 9.20. The summed E-state index contributed by atoms with van der Waals surface area (Å²) in [5, 5.41) is 18.6. The van der Waals surface area contributed by atoms with Crippen molar-refractivity contribution >= 4 is 17.8 Å². The number of carboxylic acids is 1. The first kappa shape index (κ1) is 27.7. The maximum atomic E-state index is 13.2. The Morgan fingerprint density at radius 2 is 1.69 bits per heavy atom. The Labute approximate surface area is 206 Å². The Kier molecular flexibility index (Phi) is 10.1. The van der Waals surface area contributed by atoms with E-state index in [0.29, 0.717) is 35.7 Å². The molecule has 35 heavy (non-hydrogen) atoms. The topological polar surface area (TPSA) is 132 Å². The molecule has 0 aliphatic heterocycles. The van der Waals surface area contributed by atoms with Crippen molar-refractivity contribution in [2.75, 3.05) is 20.8 Å². The predicted octanol–water partition coefficient (Wildman–Crippen LogP) is 2.96. The smallest absolute Gasteiger partial charge is 0.322 e. The Morgan fingerprint density at radius 1 is 1.06 bits per heavy atom. The number of aromatic nitrogens is 2. The van der Waals surface area contributed by atoms with E-state index < -0.39 is 30.4 Å². The van der Waals surface area contributed by atoms with Crippen molar-refractivity contribution < 1.29 is 29.0 Å². The van der Waals surface area contributed by atoms with Crippen molar-refractivity contribution in [1.82, 2.24) is 20.4 Å². The summed E-state index contributed by atoms with van der Waals surface area (Å²) < 4.78 is 12.9. The van der Waals surface area contributed by atoms with Crippen LogP contribution >= 0.6 is 0 Å². The van der Waals surface area contributed by atoms with E-state index in [-0.39, 0.29) is 24.0 Å². The van der Waals surface area contributed by atoms with Crippen molar-refractivity contribution in [3.63, 3.8) is 0 Å². The Hall–Kier alpha value is -3.56. The maximum Gasteiger partial charge on any atom is 0.322 e. The number of hydrogen-bond donors (Lipinski definition) is 3. The second kappa shape index (κ2) is 12.8. The lowest BCUT2D eigenvalue weighted by Crippen LogP contribution is -2.41. The van der Waals surface area contributed by atoms with Gasteiger partial charge in [-0.25, -0.2) is 0 Å². The highest BCUT2D eigenvalue weighted by Gasteiger charge is 2.24. The fourth-order valence-electron chi connectivity index (χ4n) is 3.81. The summed E-state index contributed by atoms with van der Waals surface area (Å²) in [5.41, 5.74) is 1.57. The van der Waals surface area contributed by atoms with E-state index in [0.717, 1.165) is 0 Å². The van der Waals surface area contributed by atoms with Crippen LogP contribution in [0, 0.1) is 11.8 Å². The van der Waals surface area contributed by atoms with Crippen LogP contribution in [0.5, 0.6) is 11.5 Å². The molecular weight excluding hydrogens is 452 g/mol. The number of rotatable bonds is 13. The molecule has 1 aromatic carbocycles.